The number of methoxy groups -OCH3 is 1. The molecule has 3 aromatic rings. The number of carbonyl (C=O) groups excluding carboxylic acids is 1. The summed E-state index contributed by atoms with van der Waals surface area (Å²) >= 11 is 3.51. The van der Waals surface area contributed by atoms with Gasteiger partial charge in [-0.05, 0) is 30.7 Å². The number of benzene rings is 2. The van der Waals surface area contributed by atoms with Gasteiger partial charge in [0.2, 0.25) is 5.95 Å². The lowest BCUT2D eigenvalue weighted by molar-refractivity contribution is -0.140. The zero-order chi connectivity index (χ0) is 20.4. The first-order chi connectivity index (χ1) is 14.1. The standard InChI is InChI=1S/C21H19BrN4O3/c1-13-18(20(27)29-11-14-6-4-3-5-7-14)19(26-21(25-13)23-12-24-26)16-10-15(22)8-9-17(16)28-2/h3-10,12,19H,11H2,1-2H3,(H,23,24,25). The molecule has 8 heteroatoms. The third kappa shape index (κ3) is 3.75. The third-order valence-corrected chi connectivity index (χ3v) is 5.21. The molecular formula is C21H19BrN4O3. The number of nitrogens with one attached hydrogen (secondary N) is 1. The Morgan fingerprint density at radius 3 is 2.79 bits per heavy atom. The van der Waals surface area contributed by atoms with E-state index in [2.05, 4.69) is 31.3 Å². The van der Waals surface area contributed by atoms with Gasteiger partial charge in [0.15, 0.2) is 0 Å². The molecule has 1 unspecified atom stereocenters. The summed E-state index contributed by atoms with van der Waals surface area (Å²) in [6.07, 6.45) is 1.45. The van der Waals surface area contributed by atoms with E-state index in [0.29, 0.717) is 23.0 Å². The Morgan fingerprint density at radius 1 is 1.24 bits per heavy atom. The fourth-order valence-corrected chi connectivity index (χ4v) is 3.74. The number of hydrogen-bond acceptors (Lipinski definition) is 6. The lowest BCUT2D eigenvalue weighted by atomic mass is 9.95. The van der Waals surface area contributed by atoms with Crippen LogP contribution < -0.4 is 10.1 Å². The molecule has 0 bridgehead atoms. The second-order valence-corrected chi connectivity index (χ2v) is 7.46. The zero-order valence-corrected chi connectivity index (χ0v) is 17.5. The van der Waals surface area contributed by atoms with E-state index in [1.165, 1.54) is 6.33 Å². The second kappa shape index (κ2) is 8.08. The molecule has 29 heavy (non-hydrogen) atoms. The molecule has 0 fully saturated rings. The molecule has 1 aliphatic rings. The van der Waals surface area contributed by atoms with Crippen LogP contribution in [0.3, 0.4) is 0 Å². The summed E-state index contributed by atoms with van der Waals surface area (Å²) in [6.45, 7) is 2.01. The van der Waals surface area contributed by atoms with Crippen LogP contribution in [-0.2, 0) is 16.1 Å². The third-order valence-electron chi connectivity index (χ3n) is 4.71. The fraction of sp³-hybridized carbons (Fsp3) is 0.190. The van der Waals surface area contributed by atoms with Crippen molar-refractivity contribution in [1.29, 1.82) is 0 Å². The van der Waals surface area contributed by atoms with Gasteiger partial charge >= 0.3 is 5.97 Å². The van der Waals surface area contributed by atoms with Crippen LogP contribution >= 0.6 is 15.9 Å². The number of aromatic nitrogens is 3. The number of fused-ring (bicyclic) bond motifs is 1. The Balaban J connectivity index is 1.74. The quantitative estimate of drug-likeness (QED) is 0.585. The molecule has 2 aromatic carbocycles. The molecule has 0 radical (unpaired) electrons. The number of nitrogens with zero attached hydrogens (tertiary/aromatic N) is 3. The smallest absolute Gasteiger partial charge is 0.338 e. The van der Waals surface area contributed by atoms with Crippen LogP contribution in [0.1, 0.15) is 24.1 Å². The van der Waals surface area contributed by atoms with E-state index in [9.17, 15) is 4.79 Å². The maximum absolute atomic E-state index is 13.1. The highest BCUT2D eigenvalue weighted by Crippen LogP contribution is 2.40. The van der Waals surface area contributed by atoms with Gasteiger partial charge in [-0.2, -0.15) is 10.1 Å². The van der Waals surface area contributed by atoms with E-state index >= 15 is 0 Å². The lowest BCUT2D eigenvalue weighted by Crippen LogP contribution is -2.30. The van der Waals surface area contributed by atoms with E-state index in [-0.39, 0.29) is 6.61 Å². The van der Waals surface area contributed by atoms with Crippen molar-refractivity contribution in [3.8, 4) is 5.75 Å². The van der Waals surface area contributed by atoms with Gasteiger partial charge in [0.25, 0.3) is 0 Å². The molecule has 1 aromatic heterocycles. The Hall–Kier alpha value is -3.13. The van der Waals surface area contributed by atoms with Crippen molar-refractivity contribution < 1.29 is 14.3 Å². The molecule has 1 atom stereocenters. The van der Waals surface area contributed by atoms with Crippen molar-refractivity contribution in [2.75, 3.05) is 12.4 Å². The summed E-state index contributed by atoms with van der Waals surface area (Å²) in [5, 5.41) is 7.47. The van der Waals surface area contributed by atoms with Gasteiger partial charge < -0.3 is 14.8 Å². The van der Waals surface area contributed by atoms with E-state index in [4.69, 9.17) is 9.47 Å². The topological polar surface area (TPSA) is 78.3 Å². The Kier molecular flexibility index (Phi) is 5.35. The van der Waals surface area contributed by atoms with Gasteiger partial charge in [0.05, 0.1) is 12.7 Å². The lowest BCUT2D eigenvalue weighted by Gasteiger charge is -2.29. The average molecular weight is 455 g/mol. The van der Waals surface area contributed by atoms with Gasteiger partial charge in [0.1, 0.15) is 24.7 Å². The largest absolute Gasteiger partial charge is 0.496 e. The molecule has 1 N–H and O–H groups in total. The summed E-state index contributed by atoms with van der Waals surface area (Å²) in [7, 11) is 1.60. The fourth-order valence-electron chi connectivity index (χ4n) is 3.36. The number of allylic oxidation sites excluding steroid dienone is 1. The first-order valence-electron chi connectivity index (χ1n) is 9.00. The Labute approximate surface area is 176 Å². The first kappa shape index (κ1) is 19.2. The van der Waals surface area contributed by atoms with Gasteiger partial charge in [0, 0.05) is 15.7 Å². The molecule has 0 amide bonds. The molecule has 0 saturated heterocycles. The van der Waals surface area contributed by atoms with Gasteiger partial charge in [-0.15, -0.1) is 0 Å². The summed E-state index contributed by atoms with van der Waals surface area (Å²) < 4.78 is 13.7. The number of ether oxygens (including phenoxy) is 2. The maximum Gasteiger partial charge on any atom is 0.338 e. The van der Waals surface area contributed by atoms with E-state index < -0.39 is 12.0 Å². The van der Waals surface area contributed by atoms with Crippen LogP contribution in [0.15, 0.2) is 70.6 Å². The summed E-state index contributed by atoms with van der Waals surface area (Å²) in [5.74, 6) is 0.767. The minimum Gasteiger partial charge on any atom is -0.496 e. The number of anilines is 1. The minimum absolute atomic E-state index is 0.184. The number of halogens is 1. The monoisotopic (exact) mass is 454 g/mol. The number of rotatable bonds is 5. The molecule has 4 rings (SSSR count). The average Bonchev–Trinajstić information content (AvgIpc) is 3.19. The van der Waals surface area contributed by atoms with Gasteiger partial charge in [-0.25, -0.2) is 9.48 Å². The first-order valence-corrected chi connectivity index (χ1v) is 9.79. The molecule has 7 nitrogen and oxygen atoms in total. The molecule has 0 saturated carbocycles. The van der Waals surface area contributed by atoms with Crippen molar-refractivity contribution in [3.05, 3.63) is 81.7 Å². The predicted octanol–water partition coefficient (Wildman–Crippen LogP) is 4.08. The summed E-state index contributed by atoms with van der Waals surface area (Å²) in [5.41, 5.74) is 2.81. The van der Waals surface area contributed by atoms with Crippen LogP contribution in [0.5, 0.6) is 5.75 Å². The number of hydrogen-bond donors (Lipinski definition) is 1. The van der Waals surface area contributed by atoms with E-state index in [1.807, 2.05) is 55.5 Å². The van der Waals surface area contributed by atoms with Crippen molar-refractivity contribution in [2.24, 2.45) is 0 Å². The Bertz CT molecular complexity index is 1080. The van der Waals surface area contributed by atoms with Gasteiger partial charge in [-0.3, -0.25) is 0 Å². The maximum atomic E-state index is 13.1. The zero-order valence-electron chi connectivity index (χ0n) is 15.9. The van der Waals surface area contributed by atoms with E-state index in [1.54, 1.807) is 11.8 Å². The van der Waals surface area contributed by atoms with Crippen molar-refractivity contribution in [2.45, 2.75) is 19.6 Å². The van der Waals surface area contributed by atoms with Crippen LogP contribution in [0.2, 0.25) is 0 Å². The van der Waals surface area contributed by atoms with Crippen LogP contribution in [0, 0.1) is 0 Å². The van der Waals surface area contributed by atoms with Crippen molar-refractivity contribution in [3.63, 3.8) is 0 Å². The molecule has 0 spiro atoms. The SMILES string of the molecule is COc1ccc(Br)cc1C1C(C(=O)OCc2ccccc2)=C(C)Nc2ncnn21. The molecule has 2 heterocycles. The predicted molar refractivity (Wildman–Crippen MR) is 111 cm³/mol. The number of carbonyl (C=O) groups is 1. The van der Waals surface area contributed by atoms with Crippen LogP contribution in [0.4, 0.5) is 5.95 Å². The van der Waals surface area contributed by atoms with Crippen molar-refractivity contribution in [1.82, 2.24) is 14.8 Å². The highest BCUT2D eigenvalue weighted by atomic mass is 79.9. The molecule has 1 aliphatic heterocycles. The minimum atomic E-state index is -0.538. The van der Waals surface area contributed by atoms with Gasteiger partial charge in [-0.1, -0.05) is 46.3 Å². The second-order valence-electron chi connectivity index (χ2n) is 6.54. The highest BCUT2D eigenvalue weighted by molar-refractivity contribution is 9.10. The van der Waals surface area contributed by atoms with E-state index in [0.717, 1.165) is 15.6 Å². The molecule has 0 aliphatic carbocycles. The summed E-state index contributed by atoms with van der Waals surface area (Å²) in [4.78, 5) is 17.4. The number of esters is 1. The Morgan fingerprint density at radius 2 is 2.03 bits per heavy atom. The highest BCUT2D eigenvalue weighted by Gasteiger charge is 2.36. The van der Waals surface area contributed by atoms with Crippen molar-refractivity contribution >= 4 is 27.8 Å². The van der Waals surface area contributed by atoms with Crippen LogP contribution in [0.25, 0.3) is 0 Å². The molecule has 148 valence electrons. The summed E-state index contributed by atoms with van der Waals surface area (Å²) in [6, 6.07) is 14.7. The molecular weight excluding hydrogens is 436 g/mol. The normalized spacial score (nSPS) is 15.5. The van der Waals surface area contributed by atoms with Crippen LogP contribution in [-0.4, -0.2) is 27.8 Å².